The van der Waals surface area contributed by atoms with Gasteiger partial charge < -0.3 is 14.8 Å². The Balaban J connectivity index is 1.71. The van der Waals surface area contributed by atoms with Crippen LogP contribution in [0, 0.1) is 0 Å². The van der Waals surface area contributed by atoms with Crippen LogP contribution in [-0.4, -0.2) is 12.7 Å². The van der Waals surface area contributed by atoms with Crippen LogP contribution in [0.3, 0.4) is 0 Å². The SMILES string of the molecule is O=C(NC1CCOc2ccc(Cl)cc21)Oc1ccccc1. The van der Waals surface area contributed by atoms with Gasteiger partial charge in [-0.25, -0.2) is 4.79 Å². The van der Waals surface area contributed by atoms with E-state index in [9.17, 15) is 4.79 Å². The van der Waals surface area contributed by atoms with E-state index in [-0.39, 0.29) is 6.04 Å². The number of para-hydroxylation sites is 1. The Bertz CT molecular complexity index is 645. The van der Waals surface area contributed by atoms with E-state index in [1.807, 2.05) is 30.3 Å². The molecule has 4 nitrogen and oxygen atoms in total. The third kappa shape index (κ3) is 3.28. The topological polar surface area (TPSA) is 47.6 Å². The second kappa shape index (κ2) is 6.06. The van der Waals surface area contributed by atoms with Crippen molar-refractivity contribution in [1.82, 2.24) is 5.32 Å². The van der Waals surface area contributed by atoms with Gasteiger partial charge in [0.05, 0.1) is 12.6 Å². The molecular formula is C16H14ClNO3. The fraction of sp³-hybridized carbons (Fsp3) is 0.188. The molecule has 2 aromatic carbocycles. The molecule has 5 heteroatoms. The Labute approximate surface area is 127 Å². The molecule has 1 aliphatic heterocycles. The molecule has 0 saturated heterocycles. The fourth-order valence-electron chi connectivity index (χ4n) is 2.28. The minimum atomic E-state index is -0.487. The summed E-state index contributed by atoms with van der Waals surface area (Å²) in [6.45, 7) is 0.547. The molecular weight excluding hydrogens is 290 g/mol. The van der Waals surface area contributed by atoms with Crippen molar-refractivity contribution in [2.45, 2.75) is 12.5 Å². The molecule has 3 rings (SSSR count). The average molecular weight is 304 g/mol. The number of amides is 1. The van der Waals surface area contributed by atoms with Gasteiger partial charge in [-0.15, -0.1) is 0 Å². The molecule has 0 aromatic heterocycles. The highest BCUT2D eigenvalue weighted by Crippen LogP contribution is 2.34. The zero-order valence-corrected chi connectivity index (χ0v) is 12.0. The summed E-state index contributed by atoms with van der Waals surface area (Å²) in [4.78, 5) is 12.0. The molecule has 1 heterocycles. The minimum Gasteiger partial charge on any atom is -0.493 e. The molecule has 2 aromatic rings. The van der Waals surface area contributed by atoms with Gasteiger partial charge in [-0.1, -0.05) is 29.8 Å². The standard InChI is InChI=1S/C16H14ClNO3/c17-11-6-7-15-13(10-11)14(8-9-20-15)18-16(19)21-12-4-2-1-3-5-12/h1-7,10,14H,8-9H2,(H,18,19). The van der Waals surface area contributed by atoms with Crippen LogP contribution >= 0.6 is 11.6 Å². The summed E-state index contributed by atoms with van der Waals surface area (Å²) in [7, 11) is 0. The van der Waals surface area contributed by atoms with Crippen LogP contribution in [0.1, 0.15) is 18.0 Å². The quantitative estimate of drug-likeness (QED) is 0.913. The summed E-state index contributed by atoms with van der Waals surface area (Å²) in [5.41, 5.74) is 0.874. The zero-order valence-electron chi connectivity index (χ0n) is 11.2. The van der Waals surface area contributed by atoms with Crippen LogP contribution in [0.25, 0.3) is 0 Å². The van der Waals surface area contributed by atoms with Crippen LogP contribution in [-0.2, 0) is 0 Å². The molecule has 0 bridgehead atoms. The van der Waals surface area contributed by atoms with Crippen LogP contribution < -0.4 is 14.8 Å². The van der Waals surface area contributed by atoms with E-state index in [0.29, 0.717) is 23.8 Å². The van der Waals surface area contributed by atoms with E-state index >= 15 is 0 Å². The van der Waals surface area contributed by atoms with Gasteiger partial charge in [0.2, 0.25) is 0 Å². The van der Waals surface area contributed by atoms with Crippen LogP contribution in [0.5, 0.6) is 11.5 Å². The van der Waals surface area contributed by atoms with Gasteiger partial charge in [0.1, 0.15) is 11.5 Å². The molecule has 21 heavy (non-hydrogen) atoms. The Kier molecular flexibility index (Phi) is 3.97. The third-order valence-corrected chi connectivity index (χ3v) is 3.49. The van der Waals surface area contributed by atoms with Crippen molar-refractivity contribution < 1.29 is 14.3 Å². The lowest BCUT2D eigenvalue weighted by molar-refractivity contribution is 0.188. The normalized spacial score (nSPS) is 16.5. The van der Waals surface area contributed by atoms with Gasteiger partial charge >= 0.3 is 6.09 Å². The average Bonchev–Trinajstić information content (AvgIpc) is 2.49. The number of fused-ring (bicyclic) bond motifs is 1. The number of ether oxygens (including phenoxy) is 2. The Morgan fingerprint density at radius 2 is 2.05 bits per heavy atom. The van der Waals surface area contributed by atoms with E-state index in [4.69, 9.17) is 21.1 Å². The number of hydrogen-bond acceptors (Lipinski definition) is 3. The smallest absolute Gasteiger partial charge is 0.413 e. The predicted octanol–water partition coefficient (Wildman–Crippen LogP) is 3.95. The monoisotopic (exact) mass is 303 g/mol. The van der Waals surface area contributed by atoms with Crippen LogP contribution in [0.15, 0.2) is 48.5 Å². The van der Waals surface area contributed by atoms with Crippen LogP contribution in [0.4, 0.5) is 4.79 Å². The first-order chi connectivity index (χ1) is 10.2. The number of rotatable bonds is 2. The second-order valence-electron chi connectivity index (χ2n) is 4.72. The lowest BCUT2D eigenvalue weighted by Gasteiger charge is -2.26. The van der Waals surface area contributed by atoms with E-state index in [1.54, 1.807) is 18.2 Å². The van der Waals surface area contributed by atoms with Gasteiger partial charge in [0.25, 0.3) is 0 Å². The molecule has 1 atom stereocenters. The first kappa shape index (κ1) is 13.8. The number of carbonyl (C=O) groups excluding carboxylic acids is 1. The second-order valence-corrected chi connectivity index (χ2v) is 5.16. The third-order valence-electron chi connectivity index (χ3n) is 3.26. The van der Waals surface area contributed by atoms with Gasteiger partial charge in [0, 0.05) is 17.0 Å². The van der Waals surface area contributed by atoms with Gasteiger partial charge in [-0.3, -0.25) is 0 Å². The van der Waals surface area contributed by atoms with Crippen molar-refractivity contribution in [3.05, 3.63) is 59.1 Å². The Morgan fingerprint density at radius 1 is 1.24 bits per heavy atom. The van der Waals surface area contributed by atoms with E-state index in [0.717, 1.165) is 11.3 Å². The molecule has 108 valence electrons. The number of benzene rings is 2. The summed E-state index contributed by atoms with van der Waals surface area (Å²) in [5, 5.41) is 3.46. The van der Waals surface area contributed by atoms with Gasteiger partial charge in [-0.2, -0.15) is 0 Å². The number of nitrogens with one attached hydrogen (secondary N) is 1. The molecule has 1 amide bonds. The molecule has 1 unspecified atom stereocenters. The molecule has 1 N–H and O–H groups in total. The summed E-state index contributed by atoms with van der Waals surface area (Å²) in [5.74, 6) is 1.25. The number of halogens is 1. The molecule has 0 saturated carbocycles. The summed E-state index contributed by atoms with van der Waals surface area (Å²) in [6.07, 6.45) is 0.191. The highest BCUT2D eigenvalue weighted by Gasteiger charge is 2.24. The maximum absolute atomic E-state index is 12.0. The first-order valence-corrected chi connectivity index (χ1v) is 7.06. The lowest BCUT2D eigenvalue weighted by atomic mass is 10.0. The lowest BCUT2D eigenvalue weighted by Crippen LogP contribution is -2.34. The summed E-state index contributed by atoms with van der Waals surface area (Å²) < 4.78 is 10.8. The van der Waals surface area contributed by atoms with Crippen molar-refractivity contribution >= 4 is 17.7 Å². The summed E-state index contributed by atoms with van der Waals surface area (Å²) in [6, 6.07) is 14.2. The Hall–Kier alpha value is -2.20. The molecule has 0 fully saturated rings. The first-order valence-electron chi connectivity index (χ1n) is 6.68. The van der Waals surface area contributed by atoms with Crippen molar-refractivity contribution in [2.75, 3.05) is 6.61 Å². The van der Waals surface area contributed by atoms with Gasteiger partial charge in [-0.05, 0) is 30.3 Å². The molecule has 0 radical (unpaired) electrons. The predicted molar refractivity (Wildman–Crippen MR) is 79.9 cm³/mol. The van der Waals surface area contributed by atoms with Crippen molar-refractivity contribution in [2.24, 2.45) is 0 Å². The van der Waals surface area contributed by atoms with Crippen molar-refractivity contribution in [3.8, 4) is 11.5 Å². The maximum Gasteiger partial charge on any atom is 0.413 e. The van der Waals surface area contributed by atoms with E-state index in [2.05, 4.69) is 5.32 Å². The maximum atomic E-state index is 12.0. The number of hydrogen-bond donors (Lipinski definition) is 1. The van der Waals surface area contributed by atoms with Crippen LogP contribution in [0.2, 0.25) is 5.02 Å². The largest absolute Gasteiger partial charge is 0.493 e. The van der Waals surface area contributed by atoms with E-state index in [1.165, 1.54) is 0 Å². The van der Waals surface area contributed by atoms with E-state index < -0.39 is 6.09 Å². The molecule has 0 spiro atoms. The van der Waals surface area contributed by atoms with Gasteiger partial charge in [0.15, 0.2) is 0 Å². The highest BCUT2D eigenvalue weighted by atomic mass is 35.5. The summed E-state index contributed by atoms with van der Waals surface area (Å²) >= 11 is 6.01. The fourth-order valence-corrected chi connectivity index (χ4v) is 2.46. The minimum absolute atomic E-state index is 0.163. The zero-order chi connectivity index (χ0) is 14.7. The number of carbonyl (C=O) groups is 1. The molecule has 1 aliphatic rings. The Morgan fingerprint density at radius 3 is 2.86 bits per heavy atom. The molecule has 0 aliphatic carbocycles. The van der Waals surface area contributed by atoms with Crippen molar-refractivity contribution in [3.63, 3.8) is 0 Å². The van der Waals surface area contributed by atoms with Crippen molar-refractivity contribution in [1.29, 1.82) is 0 Å². The highest BCUT2D eigenvalue weighted by molar-refractivity contribution is 6.30.